The Morgan fingerprint density at radius 1 is 1.05 bits per heavy atom. The first kappa shape index (κ1) is 20.7. The van der Waals surface area contributed by atoms with E-state index in [1.54, 1.807) is 0 Å². The largest absolute Gasteiger partial charge is 0.357 e. The van der Waals surface area contributed by atoms with Gasteiger partial charge in [0.2, 0.25) is 5.91 Å². The van der Waals surface area contributed by atoms with Crippen molar-refractivity contribution >= 4 is 11.9 Å². The smallest absolute Gasteiger partial charge is 0.222 e. The first-order valence-electron chi connectivity index (χ1n) is 8.87. The summed E-state index contributed by atoms with van der Waals surface area (Å²) in [6, 6.07) is 0.639. The second kappa shape index (κ2) is 13.4. The Kier molecular flexibility index (Phi) is 12.6. The van der Waals surface area contributed by atoms with Crippen LogP contribution in [0, 0.1) is 0 Å². The fourth-order valence-electron chi connectivity index (χ4n) is 2.04. The average Bonchev–Trinajstić information content (AvgIpc) is 2.47. The molecular formula is C17H36N4O. The van der Waals surface area contributed by atoms with Gasteiger partial charge in [0, 0.05) is 25.0 Å². The molecule has 0 saturated heterocycles. The molecule has 0 aliphatic carbocycles. The lowest BCUT2D eigenvalue weighted by Gasteiger charge is -2.17. The highest BCUT2D eigenvalue weighted by molar-refractivity contribution is 5.81. The zero-order chi connectivity index (χ0) is 16.8. The summed E-state index contributed by atoms with van der Waals surface area (Å²) in [5.74, 6) is 0.882. The lowest BCUT2D eigenvalue weighted by atomic mass is 10.1. The maximum atomic E-state index is 11.7. The van der Waals surface area contributed by atoms with E-state index in [4.69, 9.17) is 0 Å². The van der Waals surface area contributed by atoms with Gasteiger partial charge >= 0.3 is 0 Å². The molecule has 0 aromatic heterocycles. The number of rotatable bonds is 11. The predicted molar refractivity (Wildman–Crippen MR) is 95.2 cm³/mol. The highest BCUT2D eigenvalue weighted by Gasteiger charge is 2.07. The number of carbonyl (C=O) groups excluding carboxylic acids is 1. The van der Waals surface area contributed by atoms with Gasteiger partial charge in [0.1, 0.15) is 0 Å². The molecule has 0 bridgehead atoms. The van der Waals surface area contributed by atoms with Crippen LogP contribution in [0.4, 0.5) is 0 Å². The van der Waals surface area contributed by atoms with Gasteiger partial charge in [-0.1, -0.05) is 33.1 Å². The Balaban J connectivity index is 4.16. The minimum absolute atomic E-state index is 0.0740. The zero-order valence-corrected chi connectivity index (χ0v) is 15.2. The molecular weight excluding hydrogens is 276 g/mol. The van der Waals surface area contributed by atoms with E-state index in [1.807, 2.05) is 6.92 Å². The maximum Gasteiger partial charge on any atom is 0.222 e. The molecule has 0 rings (SSSR count). The standard InChI is InChI=1S/C17H36N4O/c1-6-9-10-11-15(5)21-17(18-8-3)19-13-12-16(22)20-14(4)7-2/h14-15H,6-13H2,1-5H3,(H,20,22)(H2,18,19,21). The van der Waals surface area contributed by atoms with Crippen molar-refractivity contribution in [2.45, 2.75) is 85.2 Å². The monoisotopic (exact) mass is 312 g/mol. The van der Waals surface area contributed by atoms with E-state index in [0.29, 0.717) is 19.0 Å². The first-order valence-corrected chi connectivity index (χ1v) is 8.87. The number of guanidine groups is 1. The van der Waals surface area contributed by atoms with Crippen LogP contribution in [0.2, 0.25) is 0 Å². The topological polar surface area (TPSA) is 65.5 Å². The number of aliphatic imine (C=N–C) groups is 1. The third-order valence-corrected chi connectivity index (χ3v) is 3.60. The van der Waals surface area contributed by atoms with Gasteiger partial charge in [-0.05, 0) is 33.6 Å². The maximum absolute atomic E-state index is 11.7. The molecule has 0 fully saturated rings. The molecule has 5 nitrogen and oxygen atoms in total. The third kappa shape index (κ3) is 11.4. The molecule has 0 aliphatic rings. The van der Waals surface area contributed by atoms with Crippen LogP contribution in [-0.4, -0.2) is 37.0 Å². The summed E-state index contributed by atoms with van der Waals surface area (Å²) in [4.78, 5) is 16.2. The number of hydrogen-bond acceptors (Lipinski definition) is 2. The van der Waals surface area contributed by atoms with Crippen molar-refractivity contribution in [1.82, 2.24) is 16.0 Å². The quantitative estimate of drug-likeness (QED) is 0.312. The van der Waals surface area contributed by atoms with Crippen LogP contribution in [0.5, 0.6) is 0 Å². The van der Waals surface area contributed by atoms with E-state index in [-0.39, 0.29) is 11.9 Å². The molecule has 0 aromatic carbocycles. The van der Waals surface area contributed by atoms with E-state index in [9.17, 15) is 4.79 Å². The van der Waals surface area contributed by atoms with Crippen LogP contribution >= 0.6 is 0 Å². The van der Waals surface area contributed by atoms with E-state index in [2.05, 4.69) is 48.6 Å². The van der Waals surface area contributed by atoms with Gasteiger partial charge in [-0.3, -0.25) is 9.79 Å². The van der Waals surface area contributed by atoms with Crippen molar-refractivity contribution in [3.05, 3.63) is 0 Å². The SMILES string of the molecule is CCCCCC(C)NC(=NCCC(=O)NC(C)CC)NCC. The minimum Gasteiger partial charge on any atom is -0.357 e. The normalized spacial score (nSPS) is 14.3. The molecule has 22 heavy (non-hydrogen) atoms. The van der Waals surface area contributed by atoms with Gasteiger partial charge in [-0.25, -0.2) is 0 Å². The first-order chi connectivity index (χ1) is 10.5. The van der Waals surface area contributed by atoms with Crippen molar-refractivity contribution < 1.29 is 4.79 Å². The highest BCUT2D eigenvalue weighted by atomic mass is 16.1. The van der Waals surface area contributed by atoms with E-state index in [1.165, 1.54) is 19.3 Å². The molecule has 0 aliphatic heterocycles. The summed E-state index contributed by atoms with van der Waals surface area (Å²) in [5, 5.41) is 9.61. The predicted octanol–water partition coefficient (Wildman–Crippen LogP) is 2.82. The molecule has 2 atom stereocenters. The van der Waals surface area contributed by atoms with Crippen molar-refractivity contribution in [1.29, 1.82) is 0 Å². The molecule has 0 heterocycles. The van der Waals surface area contributed by atoms with Crippen LogP contribution in [0.1, 0.15) is 73.1 Å². The zero-order valence-electron chi connectivity index (χ0n) is 15.2. The van der Waals surface area contributed by atoms with Crippen LogP contribution in [0.3, 0.4) is 0 Å². The number of nitrogens with one attached hydrogen (secondary N) is 3. The summed E-state index contributed by atoms with van der Waals surface area (Å²) < 4.78 is 0. The Labute approximate surface area is 136 Å². The van der Waals surface area contributed by atoms with Gasteiger partial charge < -0.3 is 16.0 Å². The molecule has 1 amide bonds. The van der Waals surface area contributed by atoms with Gasteiger partial charge in [0.15, 0.2) is 5.96 Å². The third-order valence-electron chi connectivity index (χ3n) is 3.60. The molecule has 2 unspecified atom stereocenters. The Morgan fingerprint density at radius 2 is 1.77 bits per heavy atom. The van der Waals surface area contributed by atoms with Crippen LogP contribution in [-0.2, 0) is 4.79 Å². The lowest BCUT2D eigenvalue weighted by Crippen LogP contribution is -2.42. The number of unbranched alkanes of at least 4 members (excludes halogenated alkanes) is 2. The van der Waals surface area contributed by atoms with Crippen LogP contribution < -0.4 is 16.0 Å². The summed E-state index contributed by atoms with van der Waals surface area (Å²) in [7, 11) is 0. The van der Waals surface area contributed by atoms with Crippen LogP contribution in [0.15, 0.2) is 4.99 Å². The second-order valence-electron chi connectivity index (χ2n) is 5.93. The van der Waals surface area contributed by atoms with Gasteiger partial charge in [0.05, 0.1) is 6.54 Å². The molecule has 0 saturated carbocycles. The fourth-order valence-corrected chi connectivity index (χ4v) is 2.04. The summed E-state index contributed by atoms with van der Waals surface area (Å²) in [6.07, 6.45) is 6.29. The molecule has 3 N–H and O–H groups in total. The van der Waals surface area contributed by atoms with Crippen LogP contribution in [0.25, 0.3) is 0 Å². The number of nitrogens with zero attached hydrogens (tertiary/aromatic N) is 1. The van der Waals surface area contributed by atoms with Crippen molar-refractivity contribution in [2.24, 2.45) is 4.99 Å². The molecule has 0 aromatic rings. The fraction of sp³-hybridized carbons (Fsp3) is 0.882. The summed E-state index contributed by atoms with van der Waals surface area (Å²) in [6.45, 7) is 11.9. The van der Waals surface area contributed by atoms with Crippen molar-refractivity contribution in [3.63, 3.8) is 0 Å². The van der Waals surface area contributed by atoms with Crippen molar-refractivity contribution in [2.75, 3.05) is 13.1 Å². The molecule has 5 heteroatoms. The van der Waals surface area contributed by atoms with E-state index in [0.717, 1.165) is 25.3 Å². The Morgan fingerprint density at radius 3 is 2.36 bits per heavy atom. The molecule has 0 spiro atoms. The molecule has 0 radical (unpaired) electrons. The van der Waals surface area contributed by atoms with Crippen molar-refractivity contribution in [3.8, 4) is 0 Å². The molecule has 130 valence electrons. The number of hydrogen-bond donors (Lipinski definition) is 3. The van der Waals surface area contributed by atoms with E-state index < -0.39 is 0 Å². The van der Waals surface area contributed by atoms with Gasteiger partial charge in [-0.2, -0.15) is 0 Å². The number of carbonyl (C=O) groups is 1. The van der Waals surface area contributed by atoms with Gasteiger partial charge in [0.25, 0.3) is 0 Å². The summed E-state index contributed by atoms with van der Waals surface area (Å²) in [5.41, 5.74) is 0. The summed E-state index contributed by atoms with van der Waals surface area (Å²) >= 11 is 0. The Hall–Kier alpha value is -1.26. The van der Waals surface area contributed by atoms with Gasteiger partial charge in [-0.15, -0.1) is 0 Å². The lowest BCUT2D eigenvalue weighted by molar-refractivity contribution is -0.121. The second-order valence-corrected chi connectivity index (χ2v) is 5.93. The van der Waals surface area contributed by atoms with E-state index >= 15 is 0 Å². The highest BCUT2D eigenvalue weighted by Crippen LogP contribution is 2.02. The minimum atomic E-state index is 0.0740. The Bertz CT molecular complexity index is 318. The number of amides is 1. The average molecular weight is 313 g/mol.